The van der Waals surface area contributed by atoms with Gasteiger partial charge in [-0.05, 0) is 47.4 Å². The molecule has 0 bridgehead atoms. The molecule has 3 rings (SSSR count). The van der Waals surface area contributed by atoms with Crippen molar-refractivity contribution in [1.82, 2.24) is 10.2 Å². The summed E-state index contributed by atoms with van der Waals surface area (Å²) in [7, 11) is 1.67. The number of hydrogen-bond acceptors (Lipinski definition) is 2. The summed E-state index contributed by atoms with van der Waals surface area (Å²) in [6, 6.07) is 16.5. The van der Waals surface area contributed by atoms with E-state index in [1.165, 1.54) is 5.56 Å². The van der Waals surface area contributed by atoms with Gasteiger partial charge in [0.1, 0.15) is 5.75 Å². The number of hydrogen-bond donors (Lipinski definition) is 1. The number of ether oxygens (including phenoxy) is 1. The fraction of sp³-hybridized carbons (Fsp3) is 0.250. The van der Waals surface area contributed by atoms with E-state index < -0.39 is 0 Å². The highest BCUT2D eigenvalue weighted by atomic mass is 79.9. The lowest BCUT2D eigenvalue weighted by atomic mass is 9.86. The molecule has 0 saturated heterocycles. The molecule has 0 atom stereocenters. The molecule has 0 fully saturated rings. The molecule has 0 aliphatic heterocycles. The minimum Gasteiger partial charge on any atom is -0.497 e. The molecule has 0 aliphatic rings. The maximum absolute atomic E-state index is 5.20. The second-order valence-electron chi connectivity index (χ2n) is 6.84. The smallest absolute Gasteiger partial charge is 0.118 e. The molecule has 0 amide bonds. The van der Waals surface area contributed by atoms with E-state index in [9.17, 15) is 0 Å². The number of aromatic nitrogens is 2. The van der Waals surface area contributed by atoms with E-state index in [0.717, 1.165) is 32.7 Å². The average Bonchev–Trinajstić information content (AvgIpc) is 3.03. The highest BCUT2D eigenvalue weighted by molar-refractivity contribution is 9.10. The van der Waals surface area contributed by atoms with Crippen LogP contribution in [-0.2, 0) is 5.41 Å². The molecule has 0 spiro atoms. The SMILES string of the molecule is COc1ccc(-c2cc(-c3ccc(C(C)(C)C)cc3Br)[nH]n2)cc1. The Morgan fingerprint density at radius 3 is 2.29 bits per heavy atom. The fourth-order valence-corrected chi connectivity index (χ4v) is 3.16. The summed E-state index contributed by atoms with van der Waals surface area (Å²) in [5.74, 6) is 0.843. The Labute approximate surface area is 151 Å². The molecule has 0 saturated carbocycles. The van der Waals surface area contributed by atoms with E-state index >= 15 is 0 Å². The van der Waals surface area contributed by atoms with Crippen LogP contribution >= 0.6 is 15.9 Å². The summed E-state index contributed by atoms with van der Waals surface area (Å²) >= 11 is 3.70. The van der Waals surface area contributed by atoms with E-state index in [0.29, 0.717) is 0 Å². The van der Waals surface area contributed by atoms with Crippen LogP contribution in [0, 0.1) is 0 Å². The van der Waals surface area contributed by atoms with Gasteiger partial charge < -0.3 is 4.74 Å². The van der Waals surface area contributed by atoms with Gasteiger partial charge in [0, 0.05) is 15.6 Å². The normalized spacial score (nSPS) is 11.5. The van der Waals surface area contributed by atoms with Crippen molar-refractivity contribution in [3.63, 3.8) is 0 Å². The molecule has 1 aromatic heterocycles. The zero-order valence-corrected chi connectivity index (χ0v) is 15.9. The van der Waals surface area contributed by atoms with Gasteiger partial charge in [0.15, 0.2) is 0 Å². The number of rotatable bonds is 3. The maximum Gasteiger partial charge on any atom is 0.118 e. The van der Waals surface area contributed by atoms with Crippen molar-refractivity contribution < 1.29 is 4.74 Å². The van der Waals surface area contributed by atoms with Gasteiger partial charge in [-0.15, -0.1) is 0 Å². The van der Waals surface area contributed by atoms with Crippen LogP contribution in [0.1, 0.15) is 26.3 Å². The van der Waals surface area contributed by atoms with Crippen LogP contribution in [0.3, 0.4) is 0 Å². The van der Waals surface area contributed by atoms with E-state index in [1.54, 1.807) is 7.11 Å². The summed E-state index contributed by atoms with van der Waals surface area (Å²) in [6.07, 6.45) is 0. The lowest BCUT2D eigenvalue weighted by molar-refractivity contribution is 0.415. The molecule has 3 nitrogen and oxygen atoms in total. The summed E-state index contributed by atoms with van der Waals surface area (Å²) in [5.41, 5.74) is 5.50. The quantitative estimate of drug-likeness (QED) is 0.618. The zero-order valence-electron chi connectivity index (χ0n) is 14.4. The molecule has 124 valence electrons. The van der Waals surface area contributed by atoms with Gasteiger partial charge in [0.25, 0.3) is 0 Å². The van der Waals surface area contributed by atoms with Crippen molar-refractivity contribution in [2.24, 2.45) is 0 Å². The van der Waals surface area contributed by atoms with Gasteiger partial charge in [-0.3, -0.25) is 5.10 Å². The van der Waals surface area contributed by atoms with Crippen LogP contribution in [0.4, 0.5) is 0 Å². The fourth-order valence-electron chi connectivity index (χ4n) is 2.57. The molecule has 2 aromatic carbocycles. The van der Waals surface area contributed by atoms with Gasteiger partial charge in [-0.1, -0.05) is 48.8 Å². The van der Waals surface area contributed by atoms with Gasteiger partial charge in [0.05, 0.1) is 18.5 Å². The first-order valence-corrected chi connectivity index (χ1v) is 8.68. The Hall–Kier alpha value is -2.07. The molecule has 1 heterocycles. The predicted octanol–water partition coefficient (Wildman–Crippen LogP) is 5.81. The minimum absolute atomic E-state index is 0.128. The summed E-state index contributed by atoms with van der Waals surface area (Å²) in [6.45, 7) is 6.64. The number of benzene rings is 2. The number of H-pyrrole nitrogens is 1. The molecule has 0 radical (unpaired) electrons. The van der Waals surface area contributed by atoms with E-state index in [-0.39, 0.29) is 5.41 Å². The first-order valence-electron chi connectivity index (χ1n) is 7.89. The van der Waals surface area contributed by atoms with Crippen LogP contribution in [0.2, 0.25) is 0 Å². The van der Waals surface area contributed by atoms with Crippen molar-refractivity contribution >= 4 is 15.9 Å². The number of nitrogens with zero attached hydrogens (tertiary/aromatic N) is 1. The molecule has 3 aromatic rings. The minimum atomic E-state index is 0.128. The van der Waals surface area contributed by atoms with Crippen LogP contribution in [0.15, 0.2) is 53.0 Å². The number of methoxy groups -OCH3 is 1. The second kappa shape index (κ2) is 6.44. The highest BCUT2D eigenvalue weighted by Gasteiger charge is 2.16. The lowest BCUT2D eigenvalue weighted by Crippen LogP contribution is -2.10. The van der Waals surface area contributed by atoms with Crippen molar-refractivity contribution in [2.45, 2.75) is 26.2 Å². The number of halogens is 1. The van der Waals surface area contributed by atoms with Crippen molar-refractivity contribution in [3.8, 4) is 28.3 Å². The molecular formula is C20H21BrN2O. The maximum atomic E-state index is 5.20. The molecule has 4 heteroatoms. The van der Waals surface area contributed by atoms with E-state index in [4.69, 9.17) is 4.74 Å². The van der Waals surface area contributed by atoms with Gasteiger partial charge in [-0.2, -0.15) is 5.10 Å². The molecule has 0 aliphatic carbocycles. The largest absolute Gasteiger partial charge is 0.497 e. The topological polar surface area (TPSA) is 37.9 Å². The highest BCUT2D eigenvalue weighted by Crippen LogP contribution is 2.33. The first kappa shape index (κ1) is 16.8. The van der Waals surface area contributed by atoms with Crippen molar-refractivity contribution in [1.29, 1.82) is 0 Å². The molecular weight excluding hydrogens is 364 g/mol. The summed E-state index contributed by atoms with van der Waals surface area (Å²) in [5, 5.41) is 7.58. The summed E-state index contributed by atoms with van der Waals surface area (Å²) in [4.78, 5) is 0. The third-order valence-electron chi connectivity index (χ3n) is 4.09. The van der Waals surface area contributed by atoms with Crippen molar-refractivity contribution in [3.05, 3.63) is 58.6 Å². The molecule has 0 unspecified atom stereocenters. The zero-order chi connectivity index (χ0) is 17.3. The van der Waals surface area contributed by atoms with Crippen LogP contribution in [0.25, 0.3) is 22.5 Å². The molecule has 1 N–H and O–H groups in total. The van der Waals surface area contributed by atoms with Gasteiger partial charge in [0.2, 0.25) is 0 Å². The first-order chi connectivity index (χ1) is 11.4. The Balaban J connectivity index is 1.93. The van der Waals surface area contributed by atoms with Crippen molar-refractivity contribution in [2.75, 3.05) is 7.11 Å². The van der Waals surface area contributed by atoms with E-state index in [2.05, 4.69) is 71.2 Å². The van der Waals surface area contributed by atoms with Gasteiger partial charge >= 0.3 is 0 Å². The predicted molar refractivity (Wildman–Crippen MR) is 102 cm³/mol. The third kappa shape index (κ3) is 3.39. The Kier molecular flexibility index (Phi) is 4.50. The van der Waals surface area contributed by atoms with E-state index in [1.807, 2.05) is 24.3 Å². The standard InChI is InChI=1S/C20H21BrN2O/c1-20(2,3)14-7-10-16(17(21)11-14)19-12-18(22-23-19)13-5-8-15(24-4)9-6-13/h5-12H,1-4H3,(H,22,23). The monoisotopic (exact) mass is 384 g/mol. The Morgan fingerprint density at radius 2 is 1.71 bits per heavy atom. The summed E-state index contributed by atoms with van der Waals surface area (Å²) < 4.78 is 6.27. The number of aromatic amines is 1. The lowest BCUT2D eigenvalue weighted by Gasteiger charge is -2.20. The third-order valence-corrected chi connectivity index (χ3v) is 4.75. The Bertz CT molecular complexity index is 845. The van der Waals surface area contributed by atoms with Crippen LogP contribution in [0.5, 0.6) is 5.75 Å². The Morgan fingerprint density at radius 1 is 1.00 bits per heavy atom. The second-order valence-corrected chi connectivity index (χ2v) is 7.69. The van der Waals surface area contributed by atoms with Crippen LogP contribution in [-0.4, -0.2) is 17.3 Å². The molecule has 24 heavy (non-hydrogen) atoms. The van der Waals surface area contributed by atoms with Gasteiger partial charge in [-0.25, -0.2) is 0 Å². The van der Waals surface area contributed by atoms with Crippen LogP contribution < -0.4 is 4.74 Å². The average molecular weight is 385 g/mol. The number of nitrogens with one attached hydrogen (secondary N) is 1.